The third-order valence-electron chi connectivity index (χ3n) is 4.60. The molecular weight excluding hydrogens is 351 g/mol. The molecule has 3 nitrogen and oxygen atoms in total. The van der Waals surface area contributed by atoms with Gasteiger partial charge in [0.15, 0.2) is 0 Å². The van der Waals surface area contributed by atoms with E-state index >= 15 is 4.39 Å². The van der Waals surface area contributed by atoms with Crippen LogP contribution in [-0.4, -0.2) is 15.1 Å². The zero-order valence-electron chi connectivity index (χ0n) is 14.9. The van der Waals surface area contributed by atoms with Crippen LogP contribution in [0.5, 0.6) is 0 Å². The van der Waals surface area contributed by atoms with E-state index in [2.05, 4.69) is 9.97 Å². The Bertz CT molecular complexity index is 908. The van der Waals surface area contributed by atoms with Gasteiger partial charge in [-0.05, 0) is 34.7 Å². The molecule has 0 saturated carbocycles. The molecule has 0 fully saturated rings. The third kappa shape index (κ3) is 3.22. The first kappa shape index (κ1) is 18.5. The first-order chi connectivity index (χ1) is 12.2. The van der Waals surface area contributed by atoms with E-state index in [1.807, 2.05) is 32.9 Å². The minimum Gasteiger partial charge on any atom is -0.380 e. The molecule has 5 heteroatoms. The van der Waals surface area contributed by atoms with E-state index in [0.29, 0.717) is 16.1 Å². The highest BCUT2D eigenvalue weighted by molar-refractivity contribution is 6.30. The summed E-state index contributed by atoms with van der Waals surface area (Å²) in [5.41, 5.74) is -0.0501. The SMILES string of the molecule is CC(C)(C)C(O)(c1cncnc1)c1ccc(-c2ccc(Cl)cc2)cc1F. The van der Waals surface area contributed by atoms with Crippen LogP contribution < -0.4 is 0 Å². The van der Waals surface area contributed by atoms with Gasteiger partial charge in [-0.2, -0.15) is 0 Å². The van der Waals surface area contributed by atoms with Crippen LogP contribution in [0.15, 0.2) is 61.2 Å². The van der Waals surface area contributed by atoms with Gasteiger partial charge in [0.1, 0.15) is 17.7 Å². The Morgan fingerprint density at radius 1 is 0.923 bits per heavy atom. The topological polar surface area (TPSA) is 46.0 Å². The Labute approximate surface area is 157 Å². The van der Waals surface area contributed by atoms with Gasteiger partial charge in [-0.15, -0.1) is 0 Å². The van der Waals surface area contributed by atoms with Crippen molar-refractivity contribution in [2.45, 2.75) is 26.4 Å². The number of hydrogen-bond acceptors (Lipinski definition) is 3. The van der Waals surface area contributed by atoms with Crippen molar-refractivity contribution in [3.63, 3.8) is 0 Å². The number of nitrogens with zero attached hydrogens (tertiary/aromatic N) is 2. The number of benzene rings is 2. The van der Waals surface area contributed by atoms with Crippen LogP contribution in [0.4, 0.5) is 4.39 Å². The van der Waals surface area contributed by atoms with E-state index < -0.39 is 16.8 Å². The van der Waals surface area contributed by atoms with Gasteiger partial charge in [0.25, 0.3) is 0 Å². The second kappa shape index (κ2) is 6.78. The van der Waals surface area contributed by atoms with Crippen molar-refractivity contribution < 1.29 is 9.50 Å². The number of halogens is 2. The largest absolute Gasteiger partial charge is 0.380 e. The van der Waals surface area contributed by atoms with Crippen molar-refractivity contribution in [2.75, 3.05) is 0 Å². The number of aromatic nitrogens is 2. The lowest BCUT2D eigenvalue weighted by molar-refractivity contribution is -0.0292. The quantitative estimate of drug-likeness (QED) is 0.687. The molecule has 1 heterocycles. The Morgan fingerprint density at radius 3 is 2.04 bits per heavy atom. The van der Waals surface area contributed by atoms with Crippen LogP contribution in [0.1, 0.15) is 31.9 Å². The van der Waals surface area contributed by atoms with Gasteiger partial charge in [-0.3, -0.25) is 0 Å². The van der Waals surface area contributed by atoms with Crippen LogP contribution in [-0.2, 0) is 5.60 Å². The van der Waals surface area contributed by atoms with Gasteiger partial charge in [-0.25, -0.2) is 14.4 Å². The Hall–Kier alpha value is -2.30. The summed E-state index contributed by atoms with van der Waals surface area (Å²) in [5.74, 6) is -0.487. The van der Waals surface area contributed by atoms with Gasteiger partial charge in [0, 0.05) is 28.5 Å². The van der Waals surface area contributed by atoms with E-state index in [4.69, 9.17) is 11.6 Å². The fourth-order valence-corrected chi connectivity index (χ4v) is 3.23. The van der Waals surface area contributed by atoms with Crippen LogP contribution in [0.25, 0.3) is 11.1 Å². The summed E-state index contributed by atoms with van der Waals surface area (Å²) in [7, 11) is 0. The molecule has 0 aliphatic rings. The third-order valence-corrected chi connectivity index (χ3v) is 4.85. The molecule has 2 aromatic carbocycles. The smallest absolute Gasteiger partial charge is 0.130 e. The molecule has 1 atom stereocenters. The number of hydrogen-bond donors (Lipinski definition) is 1. The molecule has 0 amide bonds. The highest BCUT2D eigenvalue weighted by atomic mass is 35.5. The van der Waals surface area contributed by atoms with E-state index in [0.717, 1.165) is 5.56 Å². The molecule has 0 aliphatic carbocycles. The Kier molecular flexibility index (Phi) is 4.82. The van der Waals surface area contributed by atoms with Crippen LogP contribution in [0.3, 0.4) is 0 Å². The summed E-state index contributed by atoms with van der Waals surface area (Å²) < 4.78 is 15.1. The molecule has 3 rings (SSSR count). The molecule has 1 N–H and O–H groups in total. The fraction of sp³-hybridized carbons (Fsp3) is 0.238. The van der Waals surface area contributed by atoms with Crippen molar-refractivity contribution in [1.82, 2.24) is 9.97 Å². The standard InChI is InChI=1S/C21H20ClFN2O/c1-20(2,3)21(26,16-11-24-13-25-12-16)18-9-6-15(10-19(18)23)14-4-7-17(22)8-5-14/h4-13,26H,1-3H3. The molecule has 0 radical (unpaired) electrons. The van der Waals surface area contributed by atoms with E-state index in [1.54, 1.807) is 24.3 Å². The predicted octanol–water partition coefficient (Wildman–Crippen LogP) is 5.22. The maximum absolute atomic E-state index is 15.1. The van der Waals surface area contributed by atoms with Gasteiger partial charge in [0.2, 0.25) is 0 Å². The molecule has 0 aliphatic heterocycles. The average molecular weight is 371 g/mol. The van der Waals surface area contributed by atoms with Crippen molar-refractivity contribution in [1.29, 1.82) is 0 Å². The summed E-state index contributed by atoms with van der Waals surface area (Å²) in [4.78, 5) is 7.97. The summed E-state index contributed by atoms with van der Waals surface area (Å²) in [5, 5.41) is 12.2. The van der Waals surface area contributed by atoms with Crippen LogP contribution >= 0.6 is 11.6 Å². The van der Waals surface area contributed by atoms with Gasteiger partial charge >= 0.3 is 0 Å². The van der Waals surface area contributed by atoms with Crippen LogP contribution in [0, 0.1) is 11.2 Å². The predicted molar refractivity (Wildman–Crippen MR) is 101 cm³/mol. The second-order valence-electron chi connectivity index (χ2n) is 7.29. The van der Waals surface area contributed by atoms with Gasteiger partial charge < -0.3 is 5.11 Å². The highest BCUT2D eigenvalue weighted by Gasteiger charge is 2.45. The molecule has 0 saturated heterocycles. The Morgan fingerprint density at radius 2 is 1.50 bits per heavy atom. The van der Waals surface area contributed by atoms with Crippen molar-refractivity contribution in [3.8, 4) is 11.1 Å². The lowest BCUT2D eigenvalue weighted by Gasteiger charge is -2.41. The molecule has 1 aromatic heterocycles. The number of aliphatic hydroxyl groups is 1. The summed E-state index contributed by atoms with van der Waals surface area (Å²) in [6.45, 7) is 5.56. The Balaban J connectivity index is 2.13. The lowest BCUT2D eigenvalue weighted by atomic mass is 9.68. The molecular formula is C21H20ClFN2O. The number of rotatable bonds is 3. The summed E-state index contributed by atoms with van der Waals surface area (Å²) in [6, 6.07) is 12.0. The zero-order valence-corrected chi connectivity index (χ0v) is 15.6. The molecule has 3 aromatic rings. The molecule has 134 valence electrons. The second-order valence-corrected chi connectivity index (χ2v) is 7.73. The fourth-order valence-electron chi connectivity index (χ4n) is 3.11. The van der Waals surface area contributed by atoms with E-state index in [1.165, 1.54) is 24.8 Å². The van der Waals surface area contributed by atoms with E-state index in [9.17, 15) is 5.11 Å². The normalized spacial score (nSPS) is 14.1. The zero-order chi connectivity index (χ0) is 18.9. The maximum Gasteiger partial charge on any atom is 0.130 e. The first-order valence-corrected chi connectivity index (χ1v) is 8.65. The average Bonchev–Trinajstić information content (AvgIpc) is 2.61. The van der Waals surface area contributed by atoms with Crippen molar-refractivity contribution in [3.05, 3.63) is 83.2 Å². The maximum atomic E-state index is 15.1. The van der Waals surface area contributed by atoms with E-state index in [-0.39, 0.29) is 5.56 Å². The summed E-state index contributed by atoms with van der Waals surface area (Å²) >= 11 is 5.91. The molecule has 0 spiro atoms. The molecule has 1 unspecified atom stereocenters. The van der Waals surface area contributed by atoms with Gasteiger partial charge in [0.05, 0.1) is 0 Å². The highest BCUT2D eigenvalue weighted by Crippen LogP contribution is 2.45. The first-order valence-electron chi connectivity index (χ1n) is 8.27. The minimum atomic E-state index is -1.57. The molecule has 26 heavy (non-hydrogen) atoms. The monoisotopic (exact) mass is 370 g/mol. The van der Waals surface area contributed by atoms with Gasteiger partial charge in [-0.1, -0.05) is 56.6 Å². The summed E-state index contributed by atoms with van der Waals surface area (Å²) in [6.07, 6.45) is 4.42. The van der Waals surface area contributed by atoms with Crippen LogP contribution in [0.2, 0.25) is 5.02 Å². The van der Waals surface area contributed by atoms with Crippen molar-refractivity contribution >= 4 is 11.6 Å². The minimum absolute atomic E-state index is 0.192. The lowest BCUT2D eigenvalue weighted by Crippen LogP contribution is -2.42. The van der Waals surface area contributed by atoms with Crippen molar-refractivity contribution in [2.24, 2.45) is 5.41 Å². The molecule has 0 bridgehead atoms.